The number of rotatable bonds is 5. The largest absolute Gasteiger partial charge is 0.376 e. The highest BCUT2D eigenvalue weighted by molar-refractivity contribution is 5.55. The Hall–Kier alpha value is -1.13. The van der Waals surface area contributed by atoms with E-state index >= 15 is 0 Å². The molecule has 1 aromatic rings. The Morgan fingerprint density at radius 2 is 2.32 bits per heavy atom. The zero-order chi connectivity index (χ0) is 13.8. The molecule has 1 aliphatic rings. The molecule has 0 amide bonds. The normalized spacial score (nSPS) is 20.5. The van der Waals surface area contributed by atoms with Crippen LogP contribution in [0.1, 0.15) is 38.3 Å². The fraction of sp³-hybridized carbons (Fsp3) is 0.600. The molecule has 2 atom stereocenters. The summed E-state index contributed by atoms with van der Waals surface area (Å²) in [7, 11) is 0. The van der Waals surface area contributed by atoms with Crippen molar-refractivity contribution in [2.75, 3.05) is 24.6 Å². The fourth-order valence-electron chi connectivity index (χ4n) is 2.61. The molecule has 2 unspecified atom stereocenters. The monoisotopic (exact) mass is 266 g/mol. The summed E-state index contributed by atoms with van der Waals surface area (Å²) in [6.07, 6.45) is 2.52. The number of ether oxygens (including phenoxy) is 1. The summed E-state index contributed by atoms with van der Waals surface area (Å²) < 4.78 is 19.1. The summed E-state index contributed by atoms with van der Waals surface area (Å²) in [6, 6.07) is 4.69. The molecule has 0 aliphatic carbocycles. The number of halogens is 1. The SMILES string of the molecule is CCN(CC1CCCO1)c1ccc(F)cc1C(C)N. The second-order valence-corrected chi connectivity index (χ2v) is 5.17. The number of hydrogen-bond acceptors (Lipinski definition) is 3. The number of nitrogens with two attached hydrogens (primary N) is 1. The minimum atomic E-state index is -0.232. The van der Waals surface area contributed by atoms with Crippen LogP contribution >= 0.6 is 0 Å². The first-order valence-electron chi connectivity index (χ1n) is 7.03. The van der Waals surface area contributed by atoms with Gasteiger partial charge in [0.15, 0.2) is 0 Å². The molecule has 2 N–H and O–H groups in total. The van der Waals surface area contributed by atoms with E-state index in [2.05, 4.69) is 11.8 Å². The predicted molar refractivity (Wildman–Crippen MR) is 75.9 cm³/mol. The number of benzene rings is 1. The summed E-state index contributed by atoms with van der Waals surface area (Å²) in [5.74, 6) is -0.232. The minimum absolute atomic E-state index is 0.177. The third kappa shape index (κ3) is 3.45. The standard InChI is InChI=1S/C15H23FN2O/c1-3-18(10-13-5-4-8-19-13)15-7-6-12(16)9-14(15)11(2)17/h6-7,9,11,13H,3-5,8,10,17H2,1-2H3. The summed E-state index contributed by atoms with van der Waals surface area (Å²) in [4.78, 5) is 2.23. The predicted octanol–water partition coefficient (Wildman–Crippen LogP) is 2.85. The van der Waals surface area contributed by atoms with Crippen LogP contribution in [0.5, 0.6) is 0 Å². The first-order valence-corrected chi connectivity index (χ1v) is 7.03. The van der Waals surface area contributed by atoms with Crippen LogP contribution in [0.25, 0.3) is 0 Å². The maximum Gasteiger partial charge on any atom is 0.123 e. The average molecular weight is 266 g/mol. The van der Waals surface area contributed by atoms with Crippen LogP contribution in [0.3, 0.4) is 0 Å². The van der Waals surface area contributed by atoms with Gasteiger partial charge in [-0.15, -0.1) is 0 Å². The molecule has 0 spiro atoms. The second-order valence-electron chi connectivity index (χ2n) is 5.17. The van der Waals surface area contributed by atoms with Gasteiger partial charge in [-0.3, -0.25) is 0 Å². The van der Waals surface area contributed by atoms with Crippen molar-refractivity contribution in [1.82, 2.24) is 0 Å². The Balaban J connectivity index is 2.21. The fourth-order valence-corrected chi connectivity index (χ4v) is 2.61. The number of anilines is 1. The van der Waals surface area contributed by atoms with E-state index in [0.29, 0.717) is 0 Å². The van der Waals surface area contributed by atoms with Crippen LogP contribution in [0.4, 0.5) is 10.1 Å². The van der Waals surface area contributed by atoms with Crippen molar-refractivity contribution < 1.29 is 9.13 Å². The van der Waals surface area contributed by atoms with Gasteiger partial charge in [-0.25, -0.2) is 4.39 Å². The molecule has 19 heavy (non-hydrogen) atoms. The maximum atomic E-state index is 13.4. The van der Waals surface area contributed by atoms with Crippen molar-refractivity contribution >= 4 is 5.69 Å². The van der Waals surface area contributed by atoms with E-state index in [1.165, 1.54) is 12.1 Å². The average Bonchev–Trinajstić information content (AvgIpc) is 2.89. The molecule has 1 aliphatic heterocycles. The van der Waals surface area contributed by atoms with Gasteiger partial charge < -0.3 is 15.4 Å². The van der Waals surface area contributed by atoms with Crippen molar-refractivity contribution in [2.24, 2.45) is 5.73 Å². The smallest absolute Gasteiger partial charge is 0.123 e. The second kappa shape index (κ2) is 6.35. The highest BCUT2D eigenvalue weighted by atomic mass is 19.1. The van der Waals surface area contributed by atoms with E-state index < -0.39 is 0 Å². The molecule has 4 heteroatoms. The van der Waals surface area contributed by atoms with Gasteiger partial charge in [0.1, 0.15) is 5.82 Å². The Morgan fingerprint density at radius 1 is 1.53 bits per heavy atom. The van der Waals surface area contributed by atoms with Crippen molar-refractivity contribution in [3.05, 3.63) is 29.6 Å². The zero-order valence-corrected chi connectivity index (χ0v) is 11.7. The Bertz CT molecular complexity index is 417. The van der Waals surface area contributed by atoms with Crippen molar-refractivity contribution in [3.63, 3.8) is 0 Å². The van der Waals surface area contributed by atoms with Gasteiger partial charge in [0.25, 0.3) is 0 Å². The van der Waals surface area contributed by atoms with Gasteiger partial charge >= 0.3 is 0 Å². The van der Waals surface area contributed by atoms with E-state index in [1.807, 2.05) is 13.0 Å². The molecule has 2 rings (SSSR count). The first-order chi connectivity index (χ1) is 9.11. The Kier molecular flexibility index (Phi) is 4.77. The number of hydrogen-bond donors (Lipinski definition) is 1. The highest BCUT2D eigenvalue weighted by Crippen LogP contribution is 2.27. The Morgan fingerprint density at radius 3 is 2.89 bits per heavy atom. The van der Waals surface area contributed by atoms with Crippen molar-refractivity contribution in [3.8, 4) is 0 Å². The third-order valence-corrected chi connectivity index (χ3v) is 3.65. The summed E-state index contributed by atoms with van der Waals surface area (Å²) >= 11 is 0. The molecular formula is C15H23FN2O. The van der Waals surface area contributed by atoms with Crippen LogP contribution < -0.4 is 10.6 Å². The van der Waals surface area contributed by atoms with Crippen LogP contribution in [0, 0.1) is 5.82 Å². The molecule has 1 aromatic carbocycles. The summed E-state index contributed by atoms with van der Waals surface area (Å²) in [6.45, 7) is 6.56. The lowest BCUT2D eigenvalue weighted by Gasteiger charge is -2.29. The van der Waals surface area contributed by atoms with E-state index in [1.54, 1.807) is 0 Å². The summed E-state index contributed by atoms with van der Waals surface area (Å²) in [5.41, 5.74) is 7.84. The van der Waals surface area contributed by atoms with Crippen LogP contribution in [-0.4, -0.2) is 25.8 Å². The van der Waals surface area contributed by atoms with Gasteiger partial charge in [0, 0.05) is 31.4 Å². The van der Waals surface area contributed by atoms with Crippen LogP contribution in [-0.2, 0) is 4.74 Å². The van der Waals surface area contributed by atoms with Gasteiger partial charge in [0.05, 0.1) is 6.10 Å². The topological polar surface area (TPSA) is 38.5 Å². The lowest BCUT2D eigenvalue weighted by atomic mass is 10.0. The molecule has 0 radical (unpaired) electrons. The first kappa shape index (κ1) is 14.3. The van der Waals surface area contributed by atoms with Crippen LogP contribution in [0.15, 0.2) is 18.2 Å². The highest BCUT2D eigenvalue weighted by Gasteiger charge is 2.21. The molecule has 106 valence electrons. The number of nitrogens with zero attached hydrogens (tertiary/aromatic N) is 1. The van der Waals surface area contributed by atoms with E-state index in [-0.39, 0.29) is 18.0 Å². The lowest BCUT2D eigenvalue weighted by molar-refractivity contribution is 0.115. The molecule has 3 nitrogen and oxygen atoms in total. The third-order valence-electron chi connectivity index (χ3n) is 3.65. The number of likely N-dealkylation sites (N-methyl/N-ethyl adjacent to an activating group) is 1. The molecular weight excluding hydrogens is 243 g/mol. The molecule has 1 fully saturated rings. The van der Waals surface area contributed by atoms with Gasteiger partial charge in [-0.2, -0.15) is 0 Å². The molecule has 1 heterocycles. The van der Waals surface area contributed by atoms with E-state index in [4.69, 9.17) is 10.5 Å². The lowest BCUT2D eigenvalue weighted by Crippen LogP contribution is -2.33. The molecule has 0 bridgehead atoms. The van der Waals surface area contributed by atoms with Gasteiger partial charge in [0.2, 0.25) is 0 Å². The molecule has 1 saturated heterocycles. The van der Waals surface area contributed by atoms with E-state index in [9.17, 15) is 4.39 Å². The minimum Gasteiger partial charge on any atom is -0.376 e. The van der Waals surface area contributed by atoms with Crippen molar-refractivity contribution in [2.45, 2.75) is 38.8 Å². The molecule has 0 saturated carbocycles. The van der Waals surface area contributed by atoms with Crippen LogP contribution in [0.2, 0.25) is 0 Å². The zero-order valence-electron chi connectivity index (χ0n) is 11.7. The molecule has 0 aromatic heterocycles. The van der Waals surface area contributed by atoms with E-state index in [0.717, 1.165) is 43.8 Å². The van der Waals surface area contributed by atoms with Gasteiger partial charge in [-0.1, -0.05) is 0 Å². The summed E-state index contributed by atoms with van der Waals surface area (Å²) in [5, 5.41) is 0. The maximum absolute atomic E-state index is 13.4. The van der Waals surface area contributed by atoms with Crippen molar-refractivity contribution in [1.29, 1.82) is 0 Å². The van der Waals surface area contributed by atoms with Gasteiger partial charge in [-0.05, 0) is 50.5 Å². The Labute approximate surface area is 114 Å². The quantitative estimate of drug-likeness (QED) is 0.890.